The molecule has 0 saturated heterocycles. The van der Waals surface area contributed by atoms with Crippen LogP contribution in [-0.2, 0) is 4.74 Å². The maximum absolute atomic E-state index is 8.58. The van der Waals surface area contributed by atoms with Gasteiger partial charge in [-0.1, -0.05) is 6.92 Å². The molecule has 0 rings (SSSR count). The Kier molecular flexibility index (Phi) is 5.58. The summed E-state index contributed by atoms with van der Waals surface area (Å²) < 4.78 is 5.13. The minimum Gasteiger partial charge on any atom is -0.396 e. The van der Waals surface area contributed by atoms with Crippen LogP contribution in [0.15, 0.2) is 0 Å². The van der Waals surface area contributed by atoms with Crippen molar-refractivity contribution in [1.82, 2.24) is 0 Å². The second kappa shape index (κ2) is 5.65. The fourth-order valence-corrected chi connectivity index (χ4v) is 0.434. The molecule has 10 heavy (non-hydrogen) atoms. The molecule has 0 aliphatic heterocycles. The molecule has 2 unspecified atom stereocenters. The Balaban J connectivity index is 3.17. The molecule has 3 heteroatoms. The highest BCUT2D eigenvalue weighted by molar-refractivity contribution is 4.50. The maximum atomic E-state index is 8.58. The summed E-state index contributed by atoms with van der Waals surface area (Å²) in [6.07, 6.45) is -0.117. The van der Waals surface area contributed by atoms with Gasteiger partial charge in [-0.25, -0.2) is 0 Å². The van der Waals surface area contributed by atoms with Crippen LogP contribution in [-0.4, -0.2) is 36.1 Å². The molecule has 0 fully saturated rings. The van der Waals surface area contributed by atoms with Crippen LogP contribution in [0.1, 0.15) is 13.8 Å². The summed E-state index contributed by atoms with van der Waals surface area (Å²) in [7, 11) is 0. The van der Waals surface area contributed by atoms with Crippen molar-refractivity contribution in [2.24, 2.45) is 5.92 Å². The smallest absolute Gasteiger partial charge is 0.0777 e. The average Bonchev–Trinajstić information content (AvgIpc) is 1.99. The van der Waals surface area contributed by atoms with Crippen molar-refractivity contribution in [2.75, 3.05) is 19.8 Å². The topological polar surface area (TPSA) is 49.7 Å². The number of aliphatic hydroxyl groups is 2. The van der Waals surface area contributed by atoms with E-state index in [-0.39, 0.29) is 25.2 Å². The van der Waals surface area contributed by atoms with Crippen LogP contribution in [0, 0.1) is 5.92 Å². The van der Waals surface area contributed by atoms with Gasteiger partial charge < -0.3 is 14.9 Å². The van der Waals surface area contributed by atoms with E-state index in [1.165, 1.54) is 0 Å². The van der Waals surface area contributed by atoms with E-state index in [9.17, 15) is 0 Å². The first-order valence-corrected chi connectivity index (χ1v) is 3.54. The van der Waals surface area contributed by atoms with Crippen molar-refractivity contribution in [2.45, 2.75) is 20.0 Å². The zero-order valence-corrected chi connectivity index (χ0v) is 6.58. The van der Waals surface area contributed by atoms with E-state index in [0.29, 0.717) is 6.61 Å². The Morgan fingerprint density at radius 1 is 1.20 bits per heavy atom. The molecule has 0 aromatic rings. The van der Waals surface area contributed by atoms with Gasteiger partial charge >= 0.3 is 0 Å². The first-order chi connectivity index (χ1) is 4.70. The van der Waals surface area contributed by atoms with Crippen LogP contribution in [0.25, 0.3) is 0 Å². The maximum Gasteiger partial charge on any atom is 0.0777 e. The highest BCUT2D eigenvalue weighted by atomic mass is 16.5. The lowest BCUT2D eigenvalue weighted by molar-refractivity contribution is -0.000139. The van der Waals surface area contributed by atoms with Crippen molar-refractivity contribution in [3.63, 3.8) is 0 Å². The van der Waals surface area contributed by atoms with Gasteiger partial charge in [0.2, 0.25) is 0 Å². The van der Waals surface area contributed by atoms with Crippen molar-refractivity contribution in [3.05, 3.63) is 0 Å². The minimum atomic E-state index is -0.117. The van der Waals surface area contributed by atoms with E-state index in [1.54, 1.807) is 6.92 Å². The second-order valence-corrected chi connectivity index (χ2v) is 2.61. The molecule has 0 heterocycles. The Hall–Kier alpha value is -0.120. The number of ether oxygens (including phenoxy) is 1. The Labute approximate surface area is 61.6 Å². The van der Waals surface area contributed by atoms with Crippen molar-refractivity contribution >= 4 is 0 Å². The van der Waals surface area contributed by atoms with Gasteiger partial charge in [0.1, 0.15) is 0 Å². The van der Waals surface area contributed by atoms with Gasteiger partial charge in [0.25, 0.3) is 0 Å². The van der Waals surface area contributed by atoms with Gasteiger partial charge in [0.05, 0.1) is 19.3 Å². The van der Waals surface area contributed by atoms with E-state index in [2.05, 4.69) is 0 Å². The van der Waals surface area contributed by atoms with E-state index >= 15 is 0 Å². The Morgan fingerprint density at radius 3 is 2.20 bits per heavy atom. The van der Waals surface area contributed by atoms with Crippen molar-refractivity contribution in [1.29, 1.82) is 0 Å². The van der Waals surface area contributed by atoms with E-state index in [1.807, 2.05) is 6.92 Å². The van der Waals surface area contributed by atoms with Gasteiger partial charge in [-0.15, -0.1) is 0 Å². The third kappa shape index (κ3) is 4.73. The van der Waals surface area contributed by atoms with Crippen LogP contribution in [0.4, 0.5) is 0 Å². The van der Waals surface area contributed by atoms with Crippen LogP contribution < -0.4 is 0 Å². The summed E-state index contributed by atoms with van der Waals surface area (Å²) in [6.45, 7) is 4.38. The van der Waals surface area contributed by atoms with Gasteiger partial charge in [-0.3, -0.25) is 0 Å². The molecule has 0 aliphatic carbocycles. The highest BCUT2D eigenvalue weighted by Crippen LogP contribution is 1.96. The van der Waals surface area contributed by atoms with Gasteiger partial charge in [-0.2, -0.15) is 0 Å². The fourth-order valence-electron chi connectivity index (χ4n) is 0.434. The van der Waals surface area contributed by atoms with Crippen LogP contribution in [0.3, 0.4) is 0 Å². The largest absolute Gasteiger partial charge is 0.396 e. The molecule has 62 valence electrons. The lowest BCUT2D eigenvalue weighted by Gasteiger charge is -2.12. The predicted molar refractivity (Wildman–Crippen MR) is 38.7 cm³/mol. The molecule has 0 aromatic heterocycles. The lowest BCUT2D eigenvalue weighted by atomic mass is 10.2. The predicted octanol–water partition coefficient (Wildman–Crippen LogP) is 0.0122. The van der Waals surface area contributed by atoms with E-state index in [4.69, 9.17) is 14.9 Å². The molecule has 0 aliphatic rings. The number of hydrogen-bond donors (Lipinski definition) is 2. The monoisotopic (exact) mass is 148 g/mol. The molecular formula is C7H16O3. The number of rotatable bonds is 5. The molecule has 2 N–H and O–H groups in total. The Morgan fingerprint density at radius 2 is 1.80 bits per heavy atom. The zero-order chi connectivity index (χ0) is 7.98. The highest BCUT2D eigenvalue weighted by Gasteiger charge is 2.03. The molecule has 0 spiro atoms. The summed E-state index contributed by atoms with van der Waals surface area (Å²) in [5.41, 5.74) is 0. The van der Waals surface area contributed by atoms with Gasteiger partial charge in [-0.05, 0) is 6.92 Å². The second-order valence-electron chi connectivity index (χ2n) is 2.61. The standard InChI is InChI=1S/C7H16O3/c1-6(3-8)5-10-7(2)4-9/h6-9H,3-5H2,1-2H3. The Bertz CT molecular complexity index is 65.3. The summed E-state index contributed by atoms with van der Waals surface area (Å²) in [4.78, 5) is 0. The van der Waals surface area contributed by atoms with Crippen LogP contribution >= 0.6 is 0 Å². The first-order valence-electron chi connectivity index (χ1n) is 3.54. The van der Waals surface area contributed by atoms with Crippen molar-refractivity contribution < 1.29 is 14.9 Å². The zero-order valence-electron chi connectivity index (χ0n) is 6.58. The summed E-state index contributed by atoms with van der Waals surface area (Å²) in [5.74, 6) is 0.161. The lowest BCUT2D eigenvalue weighted by Crippen LogP contribution is -2.18. The first kappa shape index (κ1) is 9.88. The molecule has 3 nitrogen and oxygen atoms in total. The summed E-state index contributed by atoms with van der Waals surface area (Å²) >= 11 is 0. The third-order valence-electron chi connectivity index (χ3n) is 1.23. The molecule has 0 radical (unpaired) electrons. The third-order valence-corrected chi connectivity index (χ3v) is 1.23. The fraction of sp³-hybridized carbons (Fsp3) is 1.00. The molecule has 0 bridgehead atoms. The molecule has 2 atom stereocenters. The quantitative estimate of drug-likeness (QED) is 0.577. The van der Waals surface area contributed by atoms with E-state index in [0.717, 1.165) is 0 Å². The number of hydrogen-bond acceptors (Lipinski definition) is 3. The van der Waals surface area contributed by atoms with Crippen LogP contribution in [0.5, 0.6) is 0 Å². The molecule has 0 amide bonds. The van der Waals surface area contributed by atoms with E-state index < -0.39 is 0 Å². The van der Waals surface area contributed by atoms with Gasteiger partial charge in [0, 0.05) is 12.5 Å². The SMILES string of the molecule is CC(CO)COC(C)CO. The van der Waals surface area contributed by atoms with Crippen LogP contribution in [0.2, 0.25) is 0 Å². The summed E-state index contributed by atoms with van der Waals surface area (Å²) in [5, 5.41) is 17.1. The molecule has 0 aromatic carbocycles. The molecular weight excluding hydrogens is 132 g/mol. The molecule has 0 saturated carbocycles. The summed E-state index contributed by atoms with van der Waals surface area (Å²) in [6, 6.07) is 0. The van der Waals surface area contributed by atoms with Crippen molar-refractivity contribution in [3.8, 4) is 0 Å². The average molecular weight is 148 g/mol. The normalized spacial score (nSPS) is 16.8. The van der Waals surface area contributed by atoms with Gasteiger partial charge in [0.15, 0.2) is 0 Å². The minimum absolute atomic E-state index is 0.0398. The number of aliphatic hydroxyl groups excluding tert-OH is 2.